The van der Waals surface area contributed by atoms with E-state index in [0.717, 1.165) is 16.7 Å². The molecule has 2 atom stereocenters. The van der Waals surface area contributed by atoms with Crippen LogP contribution >= 0.6 is 0 Å². The van der Waals surface area contributed by atoms with E-state index in [-0.39, 0.29) is 0 Å². The van der Waals surface area contributed by atoms with E-state index in [2.05, 4.69) is 29.2 Å². The molecule has 1 N–H and O–H groups in total. The topological polar surface area (TPSA) is 49.8 Å². The first-order valence-corrected chi connectivity index (χ1v) is 9.79. The van der Waals surface area contributed by atoms with Crippen molar-refractivity contribution < 1.29 is 14.6 Å². The number of aliphatic hydroxyl groups is 1. The Balaban J connectivity index is 1.93. The number of hydrogen-bond donors (Lipinski definition) is 1. The molecule has 0 aromatic heterocycles. The van der Waals surface area contributed by atoms with Crippen LogP contribution in [0.25, 0.3) is 0 Å². The molecule has 3 aromatic carbocycles. The number of ether oxygens (including phenoxy) is 1. The monoisotopic (exact) mass is 389 g/mol. The summed E-state index contributed by atoms with van der Waals surface area (Å²) in [6.07, 6.45) is -0.704. The van der Waals surface area contributed by atoms with Crippen molar-refractivity contribution in [1.82, 2.24) is 4.90 Å². The number of methoxy groups -OCH3 is 1. The molecule has 0 aliphatic heterocycles. The van der Waals surface area contributed by atoms with Crippen LogP contribution < -0.4 is 0 Å². The number of benzene rings is 3. The van der Waals surface area contributed by atoms with Gasteiger partial charge in [-0.05, 0) is 23.1 Å². The molecule has 0 saturated heterocycles. The van der Waals surface area contributed by atoms with Gasteiger partial charge in [0, 0.05) is 13.1 Å². The minimum atomic E-state index is -1.24. The molecule has 0 bridgehead atoms. The highest BCUT2D eigenvalue weighted by Gasteiger charge is 2.32. The number of hydrogen-bond acceptors (Lipinski definition) is 4. The molecule has 0 heterocycles. The molecule has 0 fully saturated rings. The molecule has 0 aliphatic rings. The maximum atomic E-state index is 12.3. The Bertz CT molecular complexity index is 827. The zero-order valence-corrected chi connectivity index (χ0v) is 16.6. The number of rotatable bonds is 9. The van der Waals surface area contributed by atoms with Crippen LogP contribution in [0.5, 0.6) is 0 Å². The number of nitrogens with zero attached hydrogens (tertiary/aromatic N) is 1. The van der Waals surface area contributed by atoms with Crippen molar-refractivity contribution in [2.75, 3.05) is 7.11 Å². The fourth-order valence-corrected chi connectivity index (χ4v) is 3.50. The Morgan fingerprint density at radius 1 is 0.793 bits per heavy atom. The van der Waals surface area contributed by atoms with Crippen LogP contribution in [-0.4, -0.2) is 35.2 Å². The highest BCUT2D eigenvalue weighted by atomic mass is 16.5. The summed E-state index contributed by atoms with van der Waals surface area (Å²) in [6.45, 7) is 1.22. The molecular formula is C25H27NO3. The van der Waals surface area contributed by atoms with E-state index in [9.17, 15) is 9.90 Å². The van der Waals surface area contributed by atoms with Gasteiger partial charge in [-0.2, -0.15) is 0 Å². The van der Waals surface area contributed by atoms with Gasteiger partial charge in [0.05, 0.1) is 13.2 Å². The van der Waals surface area contributed by atoms with Crippen molar-refractivity contribution in [3.8, 4) is 0 Å². The quantitative estimate of drug-likeness (QED) is 0.565. The van der Waals surface area contributed by atoms with E-state index in [0.29, 0.717) is 19.5 Å². The first-order valence-electron chi connectivity index (χ1n) is 9.79. The summed E-state index contributed by atoms with van der Waals surface area (Å²) in [6, 6.07) is 29.7. The second kappa shape index (κ2) is 10.6. The summed E-state index contributed by atoms with van der Waals surface area (Å²) < 4.78 is 4.87. The van der Waals surface area contributed by atoms with Gasteiger partial charge in [-0.15, -0.1) is 0 Å². The third kappa shape index (κ3) is 6.01. The lowest BCUT2D eigenvalue weighted by Crippen LogP contribution is -2.48. The van der Waals surface area contributed by atoms with Gasteiger partial charge >= 0.3 is 5.97 Å². The fourth-order valence-electron chi connectivity index (χ4n) is 3.50. The summed E-state index contributed by atoms with van der Waals surface area (Å²) in [5.74, 6) is -0.614. The maximum Gasteiger partial charge on any atom is 0.336 e. The third-order valence-corrected chi connectivity index (χ3v) is 5.02. The predicted molar refractivity (Wildman–Crippen MR) is 114 cm³/mol. The highest BCUT2D eigenvalue weighted by Crippen LogP contribution is 2.20. The van der Waals surface area contributed by atoms with E-state index >= 15 is 0 Å². The normalized spacial score (nSPS) is 13.1. The smallest absolute Gasteiger partial charge is 0.336 e. The number of carbonyl (C=O) groups excluding carboxylic acids is 1. The molecule has 0 spiro atoms. The third-order valence-electron chi connectivity index (χ3n) is 5.02. The van der Waals surface area contributed by atoms with Crippen LogP contribution in [0.15, 0.2) is 91.0 Å². The Labute approximate surface area is 172 Å². The van der Waals surface area contributed by atoms with Gasteiger partial charge in [-0.3, -0.25) is 4.90 Å². The van der Waals surface area contributed by atoms with Crippen LogP contribution in [0.4, 0.5) is 0 Å². The summed E-state index contributed by atoms with van der Waals surface area (Å²) in [4.78, 5) is 14.4. The maximum absolute atomic E-state index is 12.3. The molecule has 2 unspecified atom stereocenters. The lowest BCUT2D eigenvalue weighted by Gasteiger charge is -2.34. The number of aliphatic hydroxyl groups excluding tert-OH is 1. The van der Waals surface area contributed by atoms with Gasteiger partial charge in [-0.1, -0.05) is 91.0 Å². The molecule has 3 rings (SSSR count). The second-order valence-electron chi connectivity index (χ2n) is 7.10. The molecule has 4 heteroatoms. The lowest BCUT2D eigenvalue weighted by atomic mass is 9.98. The SMILES string of the molecule is COC(=O)C(O)C(Cc1ccccc1)N(Cc1ccccc1)Cc1ccccc1. The molecule has 4 nitrogen and oxygen atoms in total. The average Bonchev–Trinajstić information content (AvgIpc) is 2.78. The standard InChI is InChI=1S/C25H27NO3/c1-29-25(28)24(27)23(17-20-11-5-2-6-12-20)26(18-21-13-7-3-8-14-21)19-22-15-9-4-10-16-22/h2-16,23-24,27H,17-19H2,1H3. The predicted octanol–water partition coefficient (Wildman–Crippen LogP) is 3.83. The molecule has 0 amide bonds. The van der Waals surface area contributed by atoms with E-state index < -0.39 is 18.1 Å². The van der Waals surface area contributed by atoms with Crippen LogP contribution in [0, 0.1) is 0 Å². The molecule has 0 radical (unpaired) electrons. The first kappa shape index (κ1) is 20.8. The van der Waals surface area contributed by atoms with Crippen molar-refractivity contribution in [2.45, 2.75) is 31.7 Å². The van der Waals surface area contributed by atoms with Crippen LogP contribution in [-0.2, 0) is 29.0 Å². The van der Waals surface area contributed by atoms with Crippen molar-refractivity contribution in [2.24, 2.45) is 0 Å². The summed E-state index contributed by atoms with van der Waals surface area (Å²) in [5.41, 5.74) is 3.31. The Hall–Kier alpha value is -2.95. The number of esters is 1. The fraction of sp³-hybridized carbons (Fsp3) is 0.240. The highest BCUT2D eigenvalue weighted by molar-refractivity contribution is 5.75. The van der Waals surface area contributed by atoms with E-state index in [4.69, 9.17) is 4.74 Å². The second-order valence-corrected chi connectivity index (χ2v) is 7.10. The van der Waals surface area contributed by atoms with E-state index in [1.807, 2.05) is 66.7 Å². The molecule has 0 saturated carbocycles. The van der Waals surface area contributed by atoms with Crippen molar-refractivity contribution in [3.63, 3.8) is 0 Å². The Morgan fingerprint density at radius 2 is 1.21 bits per heavy atom. The van der Waals surface area contributed by atoms with Crippen molar-refractivity contribution >= 4 is 5.97 Å². The summed E-state index contributed by atoms with van der Waals surface area (Å²) in [5, 5.41) is 10.8. The lowest BCUT2D eigenvalue weighted by molar-refractivity contribution is -0.154. The van der Waals surface area contributed by atoms with Crippen molar-refractivity contribution in [1.29, 1.82) is 0 Å². The van der Waals surface area contributed by atoms with Crippen LogP contribution in [0.2, 0.25) is 0 Å². The molecule has 150 valence electrons. The van der Waals surface area contributed by atoms with Gasteiger partial charge in [-0.25, -0.2) is 4.79 Å². The molecular weight excluding hydrogens is 362 g/mol. The Kier molecular flexibility index (Phi) is 7.56. The van der Waals surface area contributed by atoms with Gasteiger partial charge in [0.15, 0.2) is 6.10 Å². The van der Waals surface area contributed by atoms with E-state index in [1.54, 1.807) is 0 Å². The summed E-state index contributed by atoms with van der Waals surface area (Å²) >= 11 is 0. The molecule has 3 aromatic rings. The molecule has 29 heavy (non-hydrogen) atoms. The van der Waals surface area contributed by atoms with Gasteiger partial charge in [0.25, 0.3) is 0 Å². The minimum Gasteiger partial charge on any atom is -0.467 e. The zero-order chi connectivity index (χ0) is 20.5. The van der Waals surface area contributed by atoms with Crippen molar-refractivity contribution in [3.05, 3.63) is 108 Å². The first-order chi connectivity index (χ1) is 14.2. The van der Waals surface area contributed by atoms with Gasteiger partial charge < -0.3 is 9.84 Å². The van der Waals surface area contributed by atoms with Crippen LogP contribution in [0.3, 0.4) is 0 Å². The zero-order valence-electron chi connectivity index (χ0n) is 16.6. The number of carbonyl (C=O) groups is 1. The largest absolute Gasteiger partial charge is 0.467 e. The minimum absolute atomic E-state index is 0.426. The van der Waals surface area contributed by atoms with Gasteiger partial charge in [0.1, 0.15) is 0 Å². The van der Waals surface area contributed by atoms with E-state index in [1.165, 1.54) is 7.11 Å². The molecule has 0 aliphatic carbocycles. The summed E-state index contributed by atoms with van der Waals surface area (Å²) in [7, 11) is 1.31. The van der Waals surface area contributed by atoms with Gasteiger partial charge in [0.2, 0.25) is 0 Å². The average molecular weight is 389 g/mol. The Morgan fingerprint density at radius 3 is 1.62 bits per heavy atom. The van der Waals surface area contributed by atoms with Crippen LogP contribution in [0.1, 0.15) is 16.7 Å².